The van der Waals surface area contributed by atoms with Crippen molar-refractivity contribution in [2.75, 3.05) is 6.54 Å². The van der Waals surface area contributed by atoms with Gasteiger partial charge < -0.3 is 9.55 Å². The van der Waals surface area contributed by atoms with Gasteiger partial charge in [-0.25, -0.2) is 9.37 Å². The third-order valence-electron chi connectivity index (χ3n) is 5.69. The summed E-state index contributed by atoms with van der Waals surface area (Å²) in [5.41, 5.74) is 2.77. The number of thiophene rings is 1. The van der Waals surface area contributed by atoms with Crippen LogP contribution in [-0.2, 0) is 13.6 Å². The van der Waals surface area contributed by atoms with Crippen LogP contribution in [0.15, 0.2) is 52.8 Å². The normalized spacial score (nSPS) is 17.4. The minimum atomic E-state index is -0.291. The van der Waals surface area contributed by atoms with Crippen molar-refractivity contribution in [2.24, 2.45) is 7.05 Å². The Kier molecular flexibility index (Phi) is 4.56. The number of halogens is 1. The molecule has 0 saturated carbocycles. The second-order valence-electron chi connectivity index (χ2n) is 7.52. The maximum atomic E-state index is 13.2. The maximum Gasteiger partial charge on any atom is 0.260 e. The van der Waals surface area contributed by atoms with E-state index in [0.717, 1.165) is 35.3 Å². The van der Waals surface area contributed by atoms with Crippen molar-refractivity contribution in [3.63, 3.8) is 0 Å². The van der Waals surface area contributed by atoms with Crippen molar-refractivity contribution in [2.45, 2.75) is 25.4 Å². The van der Waals surface area contributed by atoms with Gasteiger partial charge in [-0.2, -0.15) is 0 Å². The van der Waals surface area contributed by atoms with Crippen LogP contribution in [0.5, 0.6) is 0 Å². The second-order valence-corrected chi connectivity index (χ2v) is 8.38. The molecule has 29 heavy (non-hydrogen) atoms. The average Bonchev–Trinajstić information content (AvgIpc) is 3.42. The number of rotatable bonds is 4. The molecule has 7 heteroatoms. The fourth-order valence-electron chi connectivity index (χ4n) is 4.27. The van der Waals surface area contributed by atoms with Crippen LogP contribution in [0.1, 0.15) is 30.4 Å². The lowest BCUT2D eigenvalue weighted by molar-refractivity contribution is 0.235. The van der Waals surface area contributed by atoms with E-state index in [4.69, 9.17) is 4.98 Å². The number of benzene rings is 1. The van der Waals surface area contributed by atoms with Gasteiger partial charge in [0.1, 0.15) is 16.5 Å². The highest BCUT2D eigenvalue weighted by Crippen LogP contribution is 2.34. The van der Waals surface area contributed by atoms with Gasteiger partial charge in [0.2, 0.25) is 0 Å². The highest BCUT2D eigenvalue weighted by molar-refractivity contribution is 7.17. The number of hydrogen-bond donors (Lipinski definition) is 1. The molecule has 148 valence electrons. The summed E-state index contributed by atoms with van der Waals surface area (Å²) in [7, 11) is 2.07. The number of H-pyrrole nitrogens is 1. The Morgan fingerprint density at radius 3 is 2.86 bits per heavy atom. The molecule has 4 heterocycles. The Morgan fingerprint density at radius 1 is 1.28 bits per heavy atom. The number of aromatic nitrogens is 3. The summed E-state index contributed by atoms with van der Waals surface area (Å²) in [6, 6.07) is 10.8. The summed E-state index contributed by atoms with van der Waals surface area (Å²) >= 11 is 1.45. The van der Waals surface area contributed by atoms with Gasteiger partial charge in [0.25, 0.3) is 5.56 Å². The van der Waals surface area contributed by atoms with E-state index < -0.39 is 0 Å². The van der Waals surface area contributed by atoms with Crippen LogP contribution in [-0.4, -0.2) is 26.0 Å². The van der Waals surface area contributed by atoms with Gasteiger partial charge in [-0.3, -0.25) is 9.69 Å². The summed E-state index contributed by atoms with van der Waals surface area (Å²) in [6.07, 6.45) is 4.31. The smallest absolute Gasteiger partial charge is 0.260 e. The molecule has 1 aromatic carbocycles. The lowest BCUT2D eigenvalue weighted by Gasteiger charge is -2.24. The summed E-state index contributed by atoms with van der Waals surface area (Å²) in [5.74, 6) is 0.400. The number of aromatic amines is 1. The van der Waals surface area contributed by atoms with E-state index in [9.17, 15) is 9.18 Å². The third-order valence-corrected chi connectivity index (χ3v) is 6.56. The first-order valence-electron chi connectivity index (χ1n) is 9.72. The van der Waals surface area contributed by atoms with Crippen LogP contribution < -0.4 is 5.56 Å². The zero-order valence-corrected chi connectivity index (χ0v) is 16.9. The summed E-state index contributed by atoms with van der Waals surface area (Å²) in [6.45, 7) is 1.60. The Morgan fingerprint density at radius 2 is 2.10 bits per heavy atom. The Hall–Kier alpha value is -2.77. The molecule has 0 bridgehead atoms. The number of hydrogen-bond acceptors (Lipinski definition) is 4. The van der Waals surface area contributed by atoms with Crippen molar-refractivity contribution >= 4 is 21.6 Å². The molecule has 3 aromatic heterocycles. The molecular formula is C22H21FN4OS. The molecule has 0 aliphatic carbocycles. The molecule has 1 aliphatic rings. The molecule has 0 radical (unpaired) electrons. The van der Waals surface area contributed by atoms with Crippen molar-refractivity contribution in [1.29, 1.82) is 0 Å². The Bertz CT molecular complexity index is 1220. The first-order valence-corrected chi connectivity index (χ1v) is 10.6. The quantitative estimate of drug-likeness (QED) is 0.542. The molecule has 0 amide bonds. The highest BCUT2D eigenvalue weighted by atomic mass is 32.1. The minimum absolute atomic E-state index is 0.139. The number of aryl methyl sites for hydroxylation is 1. The van der Waals surface area contributed by atoms with E-state index in [-0.39, 0.29) is 11.4 Å². The monoisotopic (exact) mass is 408 g/mol. The molecule has 5 nitrogen and oxygen atoms in total. The summed E-state index contributed by atoms with van der Waals surface area (Å²) < 4.78 is 15.4. The molecular weight excluding hydrogens is 387 g/mol. The van der Waals surface area contributed by atoms with Crippen molar-refractivity contribution in [1.82, 2.24) is 19.4 Å². The molecule has 1 saturated heterocycles. The maximum absolute atomic E-state index is 13.2. The lowest BCUT2D eigenvalue weighted by atomic mass is 10.1. The van der Waals surface area contributed by atoms with E-state index in [1.165, 1.54) is 29.2 Å². The van der Waals surface area contributed by atoms with E-state index in [1.54, 1.807) is 12.1 Å². The molecule has 0 spiro atoms. The number of fused-ring (bicyclic) bond motifs is 1. The van der Waals surface area contributed by atoms with E-state index in [1.807, 2.05) is 5.38 Å². The topological polar surface area (TPSA) is 53.9 Å². The fourth-order valence-corrected chi connectivity index (χ4v) is 5.24. The van der Waals surface area contributed by atoms with Gasteiger partial charge >= 0.3 is 0 Å². The van der Waals surface area contributed by atoms with E-state index in [2.05, 4.69) is 39.8 Å². The molecule has 1 unspecified atom stereocenters. The van der Waals surface area contributed by atoms with Crippen LogP contribution in [0.25, 0.3) is 21.3 Å². The minimum Gasteiger partial charge on any atom is -0.353 e. The largest absolute Gasteiger partial charge is 0.353 e. The number of nitrogens with zero attached hydrogens (tertiary/aromatic N) is 3. The predicted octanol–water partition coefficient (Wildman–Crippen LogP) is 4.47. The highest BCUT2D eigenvalue weighted by Gasteiger charge is 2.28. The molecule has 1 fully saturated rings. The summed E-state index contributed by atoms with van der Waals surface area (Å²) in [4.78, 5) is 23.7. The first-order chi connectivity index (χ1) is 14.1. The van der Waals surface area contributed by atoms with Gasteiger partial charge in [0.05, 0.1) is 18.0 Å². The van der Waals surface area contributed by atoms with Crippen LogP contribution >= 0.6 is 11.3 Å². The van der Waals surface area contributed by atoms with Crippen LogP contribution in [0.2, 0.25) is 0 Å². The zero-order valence-electron chi connectivity index (χ0n) is 16.1. The van der Waals surface area contributed by atoms with Gasteiger partial charge in [-0.1, -0.05) is 12.1 Å². The molecule has 1 N–H and O–H groups in total. The summed E-state index contributed by atoms with van der Waals surface area (Å²) in [5, 5.41) is 2.50. The fraction of sp³-hybridized carbons (Fsp3) is 0.273. The van der Waals surface area contributed by atoms with Crippen LogP contribution in [0.4, 0.5) is 4.39 Å². The van der Waals surface area contributed by atoms with Gasteiger partial charge in [0.15, 0.2) is 0 Å². The predicted molar refractivity (Wildman–Crippen MR) is 113 cm³/mol. The molecule has 4 aromatic rings. The van der Waals surface area contributed by atoms with Crippen LogP contribution in [0, 0.1) is 5.82 Å². The van der Waals surface area contributed by atoms with Crippen molar-refractivity contribution < 1.29 is 4.39 Å². The number of likely N-dealkylation sites (tertiary alicyclic amines) is 1. The zero-order chi connectivity index (χ0) is 20.0. The Labute approximate surface area is 171 Å². The lowest BCUT2D eigenvalue weighted by Crippen LogP contribution is -2.26. The van der Waals surface area contributed by atoms with Gasteiger partial charge in [0, 0.05) is 29.9 Å². The average molecular weight is 409 g/mol. The van der Waals surface area contributed by atoms with E-state index in [0.29, 0.717) is 23.8 Å². The van der Waals surface area contributed by atoms with E-state index >= 15 is 0 Å². The van der Waals surface area contributed by atoms with Crippen LogP contribution in [0.3, 0.4) is 0 Å². The van der Waals surface area contributed by atoms with Crippen molar-refractivity contribution in [3.8, 4) is 11.1 Å². The SMILES string of the molecule is Cn1cccc1C1CCCN1Cc1nc2scc(-c3ccc(F)cc3)c2c(=O)[nH]1. The first kappa shape index (κ1) is 18.3. The van der Waals surface area contributed by atoms with Crippen molar-refractivity contribution in [3.05, 3.63) is 75.7 Å². The Balaban J connectivity index is 1.47. The third kappa shape index (κ3) is 3.30. The van der Waals surface area contributed by atoms with Gasteiger partial charge in [-0.15, -0.1) is 11.3 Å². The van der Waals surface area contributed by atoms with Gasteiger partial charge in [-0.05, 0) is 49.2 Å². The molecule has 1 aliphatic heterocycles. The molecule has 5 rings (SSSR count). The number of nitrogens with one attached hydrogen (secondary N) is 1. The molecule has 1 atom stereocenters. The standard InChI is InChI=1S/C22H21FN4OS/c1-26-10-2-4-17(26)18-5-3-11-27(18)12-19-24-21(28)20-16(13-29-22(20)25-19)14-6-8-15(23)9-7-14/h2,4,6-10,13,18H,3,5,11-12H2,1H3,(H,24,25,28). The second kappa shape index (κ2) is 7.24.